The zero-order chi connectivity index (χ0) is 21.2. The largest absolute Gasteiger partial charge is 0.467 e. The van der Waals surface area contributed by atoms with Crippen LogP contribution in [-0.2, 0) is 20.0 Å². The van der Waals surface area contributed by atoms with Gasteiger partial charge in [-0.2, -0.15) is 5.10 Å². The molecule has 1 unspecified atom stereocenters. The molecular weight excluding hydrogens is 428 g/mol. The highest BCUT2D eigenvalue weighted by Gasteiger charge is 2.27. The Bertz CT molecular complexity index is 1140. The molecular formula is C19H22N4O5S2. The molecule has 2 aromatic heterocycles. The molecule has 4 rings (SSSR count). The van der Waals surface area contributed by atoms with Crippen molar-refractivity contribution in [1.29, 1.82) is 0 Å². The minimum atomic E-state index is -3.81. The van der Waals surface area contributed by atoms with E-state index in [1.54, 1.807) is 35.3 Å². The highest BCUT2D eigenvalue weighted by atomic mass is 32.2. The normalized spacial score (nSPS) is 17.7. The lowest BCUT2D eigenvalue weighted by atomic mass is 10.2. The monoisotopic (exact) mass is 450 g/mol. The first-order valence-corrected chi connectivity index (χ1v) is 12.6. The molecule has 30 heavy (non-hydrogen) atoms. The first-order chi connectivity index (χ1) is 14.4. The van der Waals surface area contributed by atoms with Gasteiger partial charge in [-0.05, 0) is 55.3 Å². The summed E-state index contributed by atoms with van der Waals surface area (Å²) in [4.78, 5) is 0.0549. The van der Waals surface area contributed by atoms with Gasteiger partial charge >= 0.3 is 0 Å². The van der Waals surface area contributed by atoms with Crippen molar-refractivity contribution in [2.45, 2.75) is 23.8 Å². The van der Waals surface area contributed by atoms with Crippen LogP contribution in [0, 0.1) is 0 Å². The minimum Gasteiger partial charge on any atom is -0.467 e. The smallest absolute Gasteiger partial charge is 0.240 e. The highest BCUT2D eigenvalue weighted by molar-refractivity contribution is 7.92. The van der Waals surface area contributed by atoms with Crippen LogP contribution in [0.2, 0.25) is 0 Å². The molecule has 1 saturated heterocycles. The number of furan rings is 1. The molecule has 0 amide bonds. The van der Waals surface area contributed by atoms with Gasteiger partial charge in [0.25, 0.3) is 0 Å². The van der Waals surface area contributed by atoms with Crippen LogP contribution in [0.4, 0.5) is 5.69 Å². The second kappa shape index (κ2) is 8.25. The number of benzene rings is 1. The molecule has 0 bridgehead atoms. The van der Waals surface area contributed by atoms with Gasteiger partial charge in [0.1, 0.15) is 11.8 Å². The average Bonchev–Trinajstić information content (AvgIpc) is 3.43. The van der Waals surface area contributed by atoms with Gasteiger partial charge in [-0.25, -0.2) is 21.6 Å². The number of sulfonamides is 2. The Morgan fingerprint density at radius 3 is 2.57 bits per heavy atom. The molecule has 0 radical (unpaired) electrons. The van der Waals surface area contributed by atoms with Gasteiger partial charge < -0.3 is 4.42 Å². The van der Waals surface area contributed by atoms with E-state index in [9.17, 15) is 16.8 Å². The summed E-state index contributed by atoms with van der Waals surface area (Å²) in [6, 6.07) is 10.7. The molecule has 1 atom stereocenters. The fraction of sp³-hybridized carbons (Fsp3) is 0.316. The quantitative estimate of drug-likeness (QED) is 0.589. The number of aromatic nitrogens is 2. The van der Waals surface area contributed by atoms with Gasteiger partial charge in [0.05, 0.1) is 22.6 Å². The van der Waals surface area contributed by atoms with E-state index in [1.165, 1.54) is 34.8 Å². The van der Waals surface area contributed by atoms with Crippen LogP contribution in [0.5, 0.6) is 0 Å². The minimum absolute atomic E-state index is 0.0415. The van der Waals surface area contributed by atoms with Crippen molar-refractivity contribution in [2.75, 3.05) is 23.1 Å². The number of hydrogen-bond donors (Lipinski definition) is 1. The van der Waals surface area contributed by atoms with Gasteiger partial charge in [-0.1, -0.05) is 0 Å². The van der Waals surface area contributed by atoms with Gasteiger partial charge in [-0.3, -0.25) is 8.99 Å². The molecule has 3 heterocycles. The Kier molecular flexibility index (Phi) is 5.67. The Labute approximate surface area is 175 Å². The fourth-order valence-corrected chi connectivity index (χ4v) is 6.09. The molecule has 3 aromatic rings. The lowest BCUT2D eigenvalue weighted by molar-refractivity contribution is 0.402. The molecule has 0 spiro atoms. The first kappa shape index (κ1) is 20.6. The van der Waals surface area contributed by atoms with Crippen LogP contribution in [0.15, 0.2) is 70.4 Å². The fourth-order valence-electron chi connectivity index (χ4n) is 3.41. The first-order valence-electron chi connectivity index (χ1n) is 9.49. The molecule has 1 N–H and O–H groups in total. The van der Waals surface area contributed by atoms with E-state index < -0.39 is 26.1 Å². The summed E-state index contributed by atoms with van der Waals surface area (Å²) in [6.45, 7) is 0.446. The molecule has 9 nitrogen and oxygen atoms in total. The van der Waals surface area contributed by atoms with E-state index in [1.807, 2.05) is 0 Å². The molecule has 0 saturated carbocycles. The maximum atomic E-state index is 12.8. The molecule has 1 aliphatic rings. The molecule has 1 fully saturated rings. The molecule has 160 valence electrons. The summed E-state index contributed by atoms with van der Waals surface area (Å²) in [5.74, 6) is 0.683. The summed E-state index contributed by atoms with van der Waals surface area (Å²) < 4.78 is 61.0. The van der Waals surface area contributed by atoms with Crippen LogP contribution in [0.1, 0.15) is 24.6 Å². The van der Waals surface area contributed by atoms with Crippen LogP contribution in [0.3, 0.4) is 0 Å². The summed E-state index contributed by atoms with van der Waals surface area (Å²) in [7, 11) is -7.16. The maximum absolute atomic E-state index is 12.8. The van der Waals surface area contributed by atoms with Crippen molar-refractivity contribution >= 4 is 25.7 Å². The third-order valence-corrected chi connectivity index (χ3v) is 8.28. The summed E-state index contributed by atoms with van der Waals surface area (Å²) >= 11 is 0. The van der Waals surface area contributed by atoms with Crippen LogP contribution in [0.25, 0.3) is 0 Å². The van der Waals surface area contributed by atoms with Crippen molar-refractivity contribution in [1.82, 2.24) is 14.5 Å². The predicted octanol–water partition coefficient (Wildman–Crippen LogP) is 1.97. The number of rotatable bonds is 7. The summed E-state index contributed by atoms with van der Waals surface area (Å²) in [5, 5.41) is 4.18. The van der Waals surface area contributed by atoms with Crippen LogP contribution < -0.4 is 9.03 Å². The predicted molar refractivity (Wildman–Crippen MR) is 111 cm³/mol. The van der Waals surface area contributed by atoms with Gasteiger partial charge in [0.15, 0.2) is 0 Å². The number of hydrogen-bond acceptors (Lipinski definition) is 6. The maximum Gasteiger partial charge on any atom is 0.240 e. The Morgan fingerprint density at radius 2 is 1.93 bits per heavy atom. The van der Waals surface area contributed by atoms with Crippen molar-refractivity contribution in [3.8, 4) is 0 Å². The molecule has 1 aromatic carbocycles. The molecule has 1 aliphatic heterocycles. The van der Waals surface area contributed by atoms with E-state index in [4.69, 9.17) is 4.42 Å². The third kappa shape index (κ3) is 4.27. The SMILES string of the molecule is O=S(=O)(NCC(c1ccco1)n1cccn1)c1ccc(N2CCCCS2(=O)=O)cc1. The Hall–Kier alpha value is -2.63. The average molecular weight is 451 g/mol. The number of anilines is 1. The summed E-state index contributed by atoms with van der Waals surface area (Å²) in [6.07, 6.45) is 6.28. The van der Waals surface area contributed by atoms with Crippen LogP contribution >= 0.6 is 0 Å². The van der Waals surface area contributed by atoms with E-state index in [0.717, 1.165) is 6.42 Å². The second-order valence-electron chi connectivity index (χ2n) is 6.96. The van der Waals surface area contributed by atoms with E-state index in [2.05, 4.69) is 9.82 Å². The number of nitrogens with one attached hydrogen (secondary N) is 1. The van der Waals surface area contributed by atoms with Gasteiger partial charge in [0.2, 0.25) is 20.0 Å². The van der Waals surface area contributed by atoms with E-state index >= 15 is 0 Å². The van der Waals surface area contributed by atoms with Gasteiger partial charge in [0, 0.05) is 25.5 Å². The zero-order valence-corrected chi connectivity index (χ0v) is 17.7. The van der Waals surface area contributed by atoms with Crippen molar-refractivity contribution < 1.29 is 21.3 Å². The van der Waals surface area contributed by atoms with Crippen LogP contribution in [-0.4, -0.2) is 45.5 Å². The van der Waals surface area contributed by atoms with E-state index in [-0.39, 0.29) is 17.2 Å². The third-order valence-electron chi connectivity index (χ3n) is 4.97. The van der Waals surface area contributed by atoms with Crippen molar-refractivity contribution in [2.24, 2.45) is 0 Å². The van der Waals surface area contributed by atoms with Crippen molar-refractivity contribution in [3.05, 3.63) is 66.9 Å². The standard InChI is InChI=1S/C19H22N4O5S2/c24-29(25)14-2-1-12-23(29)16-6-8-17(9-7-16)30(26,27)21-15-18(19-5-3-13-28-19)22-11-4-10-20-22/h3-11,13,18,21H,1-2,12,14-15H2. The highest BCUT2D eigenvalue weighted by Crippen LogP contribution is 2.25. The molecule has 11 heteroatoms. The van der Waals surface area contributed by atoms with Crippen molar-refractivity contribution in [3.63, 3.8) is 0 Å². The lowest BCUT2D eigenvalue weighted by Gasteiger charge is -2.28. The lowest BCUT2D eigenvalue weighted by Crippen LogP contribution is -2.37. The topological polar surface area (TPSA) is 115 Å². The Balaban J connectivity index is 1.51. The van der Waals surface area contributed by atoms with Gasteiger partial charge in [-0.15, -0.1) is 0 Å². The van der Waals surface area contributed by atoms with E-state index in [0.29, 0.717) is 24.4 Å². The molecule has 0 aliphatic carbocycles. The number of nitrogens with zero attached hydrogens (tertiary/aromatic N) is 3. The summed E-state index contributed by atoms with van der Waals surface area (Å²) in [5.41, 5.74) is 0.471. The zero-order valence-electron chi connectivity index (χ0n) is 16.1. The second-order valence-corrected chi connectivity index (χ2v) is 10.7. The Morgan fingerprint density at radius 1 is 1.13 bits per heavy atom.